The fourth-order valence-corrected chi connectivity index (χ4v) is 7.53. The van der Waals surface area contributed by atoms with Crippen LogP contribution in [0.5, 0.6) is 11.5 Å². The van der Waals surface area contributed by atoms with Gasteiger partial charge in [0.25, 0.3) is 0 Å². The number of amides is 1. The van der Waals surface area contributed by atoms with E-state index in [0.717, 1.165) is 78.2 Å². The molecule has 2 aromatic heterocycles. The number of rotatable bonds is 15. The Labute approximate surface area is 342 Å². The third kappa shape index (κ3) is 10.1. The Hall–Kier alpha value is -5.56. The van der Waals surface area contributed by atoms with E-state index in [4.69, 9.17) is 29.3 Å². The summed E-state index contributed by atoms with van der Waals surface area (Å²) in [4.78, 5) is 29.0. The molecule has 2 atom stereocenters. The summed E-state index contributed by atoms with van der Waals surface area (Å²) in [5.74, 6) is 2.67. The summed E-state index contributed by atoms with van der Waals surface area (Å²) in [6.45, 7) is 14.7. The largest absolute Gasteiger partial charge is 0.497 e. The number of hydrogen-bond donors (Lipinski definition) is 2. The number of ether oxygens (including phenoxy) is 3. The lowest BCUT2D eigenvalue weighted by Crippen LogP contribution is -2.47. The molecule has 58 heavy (non-hydrogen) atoms. The second-order valence-corrected chi connectivity index (χ2v) is 16.3. The van der Waals surface area contributed by atoms with Crippen LogP contribution in [0.3, 0.4) is 0 Å². The van der Waals surface area contributed by atoms with Crippen LogP contribution in [0.25, 0.3) is 5.65 Å². The number of nitrogens with one attached hydrogen (secondary N) is 1. The molecule has 1 saturated heterocycles. The molecule has 2 N–H and O–H groups in total. The minimum absolute atomic E-state index is 0.113. The van der Waals surface area contributed by atoms with Crippen LogP contribution in [0.15, 0.2) is 72.9 Å². The molecule has 13 nitrogen and oxygen atoms in total. The molecule has 1 amide bonds. The van der Waals surface area contributed by atoms with Crippen molar-refractivity contribution in [1.82, 2.24) is 24.5 Å². The lowest BCUT2D eigenvalue weighted by atomic mass is 9.99. The van der Waals surface area contributed by atoms with Crippen LogP contribution < -0.4 is 24.6 Å². The van der Waals surface area contributed by atoms with E-state index in [1.165, 1.54) is 0 Å². The van der Waals surface area contributed by atoms with E-state index >= 15 is 0 Å². The number of imidazole rings is 1. The summed E-state index contributed by atoms with van der Waals surface area (Å²) < 4.78 is 18.2. The minimum atomic E-state index is -1.00. The second kappa shape index (κ2) is 18.4. The number of nitrogens with zero attached hydrogens (tertiary/aromatic N) is 7. The summed E-state index contributed by atoms with van der Waals surface area (Å²) in [7, 11) is 5.15. The predicted octanol–water partition coefficient (Wildman–Crippen LogP) is 8.17. The fraction of sp³-hybridized carbons (Fsp3) is 0.467. The van der Waals surface area contributed by atoms with Gasteiger partial charge in [0.2, 0.25) is 5.95 Å². The van der Waals surface area contributed by atoms with Crippen LogP contribution in [0, 0.1) is 6.92 Å². The molecule has 310 valence electrons. The summed E-state index contributed by atoms with van der Waals surface area (Å²) in [6, 6.07) is 22.4. The second-order valence-electron chi connectivity index (χ2n) is 16.3. The molecule has 0 spiro atoms. The van der Waals surface area contributed by atoms with E-state index in [9.17, 15) is 9.90 Å². The lowest BCUT2D eigenvalue weighted by Gasteiger charge is -2.38. The van der Waals surface area contributed by atoms with E-state index in [1.54, 1.807) is 29.8 Å². The molecular weight excluding hydrogens is 733 g/mol. The summed E-state index contributed by atoms with van der Waals surface area (Å²) in [5.41, 5.74) is 5.60. The number of aromatic nitrogens is 4. The standard InChI is InChI=1S/C45H60N8O5/c1-10-11-31(3)47-43-48-42(52(28-32-12-17-36(56-8)18-13-32)29-33-14-19-37(57-9)20-15-33)41-46-27-39(53(41)49-43)40(54)34-16-21-38(30(2)26-34)51-24-22-35(23-25-51)50(7)44(55)58-45(4,5)6/h12-21,26-27,31,35,40,54H,10-11,22-25,28-29H2,1-9H3,(H,47,49). The van der Waals surface area contributed by atoms with Crippen molar-refractivity contribution < 1.29 is 24.1 Å². The van der Waals surface area contributed by atoms with Crippen LogP contribution in [-0.4, -0.2) is 87.7 Å². The van der Waals surface area contributed by atoms with Crippen LogP contribution in [0.1, 0.15) is 94.4 Å². The van der Waals surface area contributed by atoms with Crippen molar-refractivity contribution in [2.75, 3.05) is 49.5 Å². The zero-order valence-corrected chi connectivity index (χ0v) is 35.5. The average Bonchev–Trinajstić information content (AvgIpc) is 3.63. The smallest absolute Gasteiger partial charge is 0.410 e. The van der Waals surface area contributed by atoms with E-state index in [-0.39, 0.29) is 18.2 Å². The maximum Gasteiger partial charge on any atom is 0.410 e. The number of aryl methyl sites for hydroxylation is 1. The number of carbonyl (C=O) groups excluding carboxylic acids is 1. The zero-order valence-electron chi connectivity index (χ0n) is 35.5. The summed E-state index contributed by atoms with van der Waals surface area (Å²) >= 11 is 0. The van der Waals surface area contributed by atoms with Crippen molar-refractivity contribution in [3.05, 3.63) is 101 Å². The van der Waals surface area contributed by atoms with Crippen LogP contribution in [0.2, 0.25) is 0 Å². The predicted molar refractivity (Wildman–Crippen MR) is 229 cm³/mol. The highest BCUT2D eigenvalue weighted by Crippen LogP contribution is 2.33. The molecule has 1 aliphatic rings. The van der Waals surface area contributed by atoms with Gasteiger partial charge in [0, 0.05) is 51.0 Å². The van der Waals surface area contributed by atoms with Gasteiger partial charge in [0.1, 0.15) is 23.2 Å². The normalized spacial score (nSPS) is 14.6. The molecule has 0 saturated carbocycles. The van der Waals surface area contributed by atoms with Gasteiger partial charge in [0.15, 0.2) is 11.5 Å². The molecule has 0 aliphatic carbocycles. The van der Waals surface area contributed by atoms with Crippen molar-refractivity contribution in [3.8, 4) is 11.5 Å². The highest BCUT2D eigenvalue weighted by molar-refractivity contribution is 5.68. The van der Waals surface area contributed by atoms with Gasteiger partial charge in [-0.2, -0.15) is 4.98 Å². The maximum atomic E-state index is 12.7. The van der Waals surface area contributed by atoms with Gasteiger partial charge in [-0.15, -0.1) is 5.10 Å². The van der Waals surface area contributed by atoms with Crippen LogP contribution >= 0.6 is 0 Å². The third-order valence-corrected chi connectivity index (χ3v) is 10.7. The highest BCUT2D eigenvalue weighted by Gasteiger charge is 2.30. The lowest BCUT2D eigenvalue weighted by molar-refractivity contribution is 0.0201. The SMILES string of the molecule is CCCC(C)Nc1nc(N(Cc2ccc(OC)cc2)Cc2ccc(OC)cc2)c2ncc(C(O)c3ccc(N4CCC(N(C)C(=O)OC(C)(C)C)CC4)c(C)c3)n2n1. The third-order valence-electron chi connectivity index (χ3n) is 10.7. The first-order valence-corrected chi connectivity index (χ1v) is 20.3. The molecule has 6 rings (SSSR count). The first-order valence-electron chi connectivity index (χ1n) is 20.3. The number of methoxy groups -OCH3 is 2. The number of hydrogen-bond acceptors (Lipinski definition) is 11. The molecule has 1 fully saturated rings. The molecule has 13 heteroatoms. The minimum Gasteiger partial charge on any atom is -0.497 e. The van der Waals surface area contributed by atoms with E-state index in [2.05, 4.69) is 66.2 Å². The molecular formula is C45H60N8O5. The highest BCUT2D eigenvalue weighted by atomic mass is 16.6. The molecule has 0 bridgehead atoms. The van der Waals surface area contributed by atoms with Crippen LogP contribution in [0.4, 0.5) is 22.2 Å². The first kappa shape index (κ1) is 42.1. The van der Waals surface area contributed by atoms with Crippen molar-refractivity contribution in [3.63, 3.8) is 0 Å². The van der Waals surface area contributed by atoms with Gasteiger partial charge >= 0.3 is 6.09 Å². The Morgan fingerprint density at radius 3 is 2.10 bits per heavy atom. The fourth-order valence-electron chi connectivity index (χ4n) is 7.53. The van der Waals surface area contributed by atoms with Gasteiger partial charge in [-0.25, -0.2) is 14.3 Å². The quantitative estimate of drug-likeness (QED) is 0.107. The van der Waals surface area contributed by atoms with Gasteiger partial charge in [-0.3, -0.25) is 0 Å². The Morgan fingerprint density at radius 1 is 0.966 bits per heavy atom. The number of aliphatic hydroxyl groups is 1. The van der Waals surface area contributed by atoms with Crippen molar-refractivity contribution in [2.24, 2.45) is 0 Å². The average molecular weight is 793 g/mol. The number of piperidine rings is 1. The number of anilines is 3. The molecule has 0 radical (unpaired) electrons. The molecule has 2 unspecified atom stereocenters. The first-order chi connectivity index (χ1) is 27.8. The number of fused-ring (bicyclic) bond motifs is 1. The maximum absolute atomic E-state index is 12.7. The summed E-state index contributed by atoms with van der Waals surface area (Å²) in [5, 5.41) is 20.5. The molecule has 5 aromatic rings. The number of carbonyl (C=O) groups is 1. The van der Waals surface area contributed by atoms with Gasteiger partial charge in [0.05, 0.1) is 26.1 Å². The number of aliphatic hydroxyl groups excluding tert-OH is 1. The van der Waals surface area contributed by atoms with Crippen molar-refractivity contribution in [2.45, 2.75) is 104 Å². The Morgan fingerprint density at radius 2 is 1.57 bits per heavy atom. The molecule has 3 heterocycles. The van der Waals surface area contributed by atoms with Gasteiger partial charge < -0.3 is 39.3 Å². The molecule has 3 aromatic carbocycles. The molecule has 1 aliphatic heterocycles. The topological polar surface area (TPSA) is 130 Å². The van der Waals surface area contributed by atoms with Crippen molar-refractivity contribution in [1.29, 1.82) is 0 Å². The van der Waals surface area contributed by atoms with E-state index in [1.807, 2.05) is 64.2 Å². The van der Waals surface area contributed by atoms with Crippen LogP contribution in [-0.2, 0) is 17.8 Å². The zero-order chi connectivity index (χ0) is 41.6. The summed E-state index contributed by atoms with van der Waals surface area (Å²) in [6.07, 6.45) is 4.04. The van der Waals surface area contributed by atoms with Crippen molar-refractivity contribution >= 4 is 29.2 Å². The Balaban J connectivity index is 1.30. The van der Waals surface area contributed by atoms with Gasteiger partial charge in [-0.1, -0.05) is 49.7 Å². The van der Waals surface area contributed by atoms with E-state index < -0.39 is 11.7 Å². The monoisotopic (exact) mass is 792 g/mol. The Bertz CT molecular complexity index is 2070. The Kier molecular flexibility index (Phi) is 13.3. The van der Waals surface area contributed by atoms with Gasteiger partial charge in [-0.05, 0) is 106 Å². The van der Waals surface area contributed by atoms with E-state index in [0.29, 0.717) is 36.2 Å². The number of benzene rings is 3.